The topological polar surface area (TPSA) is 77.0 Å². The molecule has 3 rings (SSSR count). The van der Waals surface area contributed by atoms with E-state index in [9.17, 15) is 9.59 Å². The highest BCUT2D eigenvalue weighted by atomic mass is 16.5. The number of carbonyl (C=O) groups excluding carboxylic acids is 2. The summed E-state index contributed by atoms with van der Waals surface area (Å²) in [5.41, 5.74) is 6.91. The highest BCUT2D eigenvalue weighted by Gasteiger charge is 2.08. The lowest BCUT2D eigenvalue weighted by atomic mass is 10.1. The number of hydrogen-bond acceptors (Lipinski definition) is 5. The van der Waals surface area contributed by atoms with E-state index in [1.54, 1.807) is 36.4 Å². The molecule has 0 bridgehead atoms. The van der Waals surface area contributed by atoms with Gasteiger partial charge in [0.25, 0.3) is 5.91 Å². The minimum absolute atomic E-state index is 0.131. The van der Waals surface area contributed by atoms with Gasteiger partial charge >= 0.3 is 5.97 Å². The van der Waals surface area contributed by atoms with Crippen molar-refractivity contribution < 1.29 is 19.1 Å². The fourth-order valence-electron chi connectivity index (χ4n) is 2.72. The number of ether oxygens (including phenoxy) is 2. The van der Waals surface area contributed by atoms with Crippen molar-refractivity contribution in [3.05, 3.63) is 94.5 Å². The summed E-state index contributed by atoms with van der Waals surface area (Å²) >= 11 is 0. The normalized spacial score (nSPS) is 10.7. The number of aryl methyl sites for hydroxylation is 3. The number of hydrogen-bond donors (Lipinski definition) is 1. The number of hydrazone groups is 1. The van der Waals surface area contributed by atoms with E-state index >= 15 is 0 Å². The van der Waals surface area contributed by atoms with E-state index in [1.807, 2.05) is 51.1 Å². The molecule has 0 heterocycles. The van der Waals surface area contributed by atoms with Crippen LogP contribution in [-0.2, 0) is 4.79 Å². The molecule has 0 atom stereocenters. The van der Waals surface area contributed by atoms with Crippen LogP contribution < -0.4 is 14.9 Å². The van der Waals surface area contributed by atoms with E-state index in [0.717, 1.165) is 22.3 Å². The molecule has 0 aliphatic carbocycles. The van der Waals surface area contributed by atoms with E-state index < -0.39 is 5.97 Å². The average molecular weight is 416 g/mol. The van der Waals surface area contributed by atoms with Crippen LogP contribution in [0, 0.1) is 20.8 Å². The van der Waals surface area contributed by atoms with Crippen molar-refractivity contribution in [1.29, 1.82) is 0 Å². The third-order valence-electron chi connectivity index (χ3n) is 4.60. The van der Waals surface area contributed by atoms with Gasteiger partial charge in [-0.25, -0.2) is 10.2 Å². The lowest BCUT2D eigenvalue weighted by Crippen LogP contribution is -2.24. The summed E-state index contributed by atoms with van der Waals surface area (Å²) in [5, 5.41) is 3.92. The molecule has 0 aliphatic heterocycles. The van der Waals surface area contributed by atoms with E-state index in [-0.39, 0.29) is 12.5 Å². The minimum atomic E-state index is -0.416. The van der Waals surface area contributed by atoms with Crippen LogP contribution in [0.3, 0.4) is 0 Å². The van der Waals surface area contributed by atoms with Crippen LogP contribution in [0.2, 0.25) is 0 Å². The molecule has 0 spiro atoms. The smallest absolute Gasteiger partial charge is 0.343 e. The van der Waals surface area contributed by atoms with Crippen LogP contribution in [-0.4, -0.2) is 24.7 Å². The van der Waals surface area contributed by atoms with Crippen molar-refractivity contribution in [2.75, 3.05) is 6.61 Å². The quantitative estimate of drug-likeness (QED) is 0.269. The summed E-state index contributed by atoms with van der Waals surface area (Å²) in [6.45, 7) is 5.79. The molecule has 0 saturated heterocycles. The Bertz CT molecular complexity index is 1100. The van der Waals surface area contributed by atoms with E-state index in [0.29, 0.717) is 17.1 Å². The van der Waals surface area contributed by atoms with Gasteiger partial charge in [-0.3, -0.25) is 4.79 Å². The van der Waals surface area contributed by atoms with Crippen molar-refractivity contribution >= 4 is 18.1 Å². The first-order valence-corrected chi connectivity index (χ1v) is 9.81. The predicted molar refractivity (Wildman–Crippen MR) is 120 cm³/mol. The van der Waals surface area contributed by atoms with Crippen LogP contribution >= 0.6 is 0 Å². The zero-order valence-electron chi connectivity index (χ0n) is 17.7. The number of carbonyl (C=O) groups is 2. The van der Waals surface area contributed by atoms with Gasteiger partial charge in [0, 0.05) is 0 Å². The van der Waals surface area contributed by atoms with Gasteiger partial charge in [-0.05, 0) is 86.0 Å². The molecule has 158 valence electrons. The average Bonchev–Trinajstić information content (AvgIpc) is 2.76. The third-order valence-corrected chi connectivity index (χ3v) is 4.60. The highest BCUT2D eigenvalue weighted by molar-refractivity contribution is 5.91. The van der Waals surface area contributed by atoms with Crippen LogP contribution in [0.15, 0.2) is 71.8 Å². The van der Waals surface area contributed by atoms with Gasteiger partial charge in [-0.1, -0.05) is 23.8 Å². The first-order chi connectivity index (χ1) is 14.9. The van der Waals surface area contributed by atoms with Crippen molar-refractivity contribution in [2.45, 2.75) is 20.8 Å². The fourth-order valence-corrected chi connectivity index (χ4v) is 2.72. The maximum atomic E-state index is 12.2. The zero-order chi connectivity index (χ0) is 22.2. The first-order valence-electron chi connectivity index (χ1n) is 9.81. The first kappa shape index (κ1) is 21.8. The second kappa shape index (κ2) is 10.2. The molecule has 0 unspecified atom stereocenters. The van der Waals surface area contributed by atoms with Crippen LogP contribution in [0.5, 0.6) is 11.5 Å². The maximum absolute atomic E-state index is 12.2. The van der Waals surface area contributed by atoms with E-state index in [1.165, 1.54) is 6.21 Å². The Morgan fingerprint density at radius 3 is 2.35 bits per heavy atom. The van der Waals surface area contributed by atoms with Crippen LogP contribution in [0.25, 0.3) is 0 Å². The van der Waals surface area contributed by atoms with Gasteiger partial charge in [0.05, 0.1) is 11.8 Å². The summed E-state index contributed by atoms with van der Waals surface area (Å²) in [6.07, 6.45) is 1.50. The fraction of sp³-hybridized carbons (Fsp3) is 0.160. The summed E-state index contributed by atoms with van der Waals surface area (Å²) in [4.78, 5) is 24.1. The molecule has 31 heavy (non-hydrogen) atoms. The number of nitrogens with zero attached hydrogens (tertiary/aromatic N) is 1. The molecule has 6 nitrogen and oxygen atoms in total. The van der Waals surface area contributed by atoms with Crippen molar-refractivity contribution in [1.82, 2.24) is 5.43 Å². The SMILES string of the molecule is Cc1cccc(C(=O)Oc2ccc(/C=N\NC(=O)COc3ccc(C)c(C)c3)cc2)c1. The lowest BCUT2D eigenvalue weighted by molar-refractivity contribution is -0.123. The lowest BCUT2D eigenvalue weighted by Gasteiger charge is -2.07. The molecule has 6 heteroatoms. The molecule has 3 aromatic carbocycles. The number of amides is 1. The van der Waals surface area contributed by atoms with Gasteiger partial charge in [0.15, 0.2) is 6.61 Å². The summed E-state index contributed by atoms with van der Waals surface area (Å²) in [5.74, 6) is 0.284. The monoisotopic (exact) mass is 416 g/mol. The molecule has 0 aromatic heterocycles. The van der Waals surface area contributed by atoms with Gasteiger partial charge in [0.1, 0.15) is 11.5 Å². The zero-order valence-corrected chi connectivity index (χ0v) is 17.7. The second-order valence-electron chi connectivity index (χ2n) is 7.16. The molecule has 1 N–H and O–H groups in total. The molecule has 1 amide bonds. The van der Waals surface area contributed by atoms with Crippen molar-refractivity contribution in [2.24, 2.45) is 5.10 Å². The Kier molecular flexibility index (Phi) is 7.17. The number of esters is 1. The highest BCUT2D eigenvalue weighted by Crippen LogP contribution is 2.16. The molecular formula is C25H24N2O4. The Morgan fingerprint density at radius 1 is 0.903 bits per heavy atom. The van der Waals surface area contributed by atoms with Crippen molar-refractivity contribution in [3.63, 3.8) is 0 Å². The largest absolute Gasteiger partial charge is 0.484 e. The van der Waals surface area contributed by atoms with E-state index in [4.69, 9.17) is 9.47 Å². The molecule has 0 saturated carbocycles. The Morgan fingerprint density at radius 2 is 1.65 bits per heavy atom. The van der Waals surface area contributed by atoms with Crippen LogP contribution in [0.4, 0.5) is 0 Å². The second-order valence-corrected chi connectivity index (χ2v) is 7.16. The number of rotatable bonds is 7. The predicted octanol–water partition coefficient (Wildman–Crippen LogP) is 4.36. The Hall–Kier alpha value is -3.93. The summed E-state index contributed by atoms with van der Waals surface area (Å²) < 4.78 is 10.8. The van der Waals surface area contributed by atoms with E-state index in [2.05, 4.69) is 10.5 Å². The molecule has 3 aromatic rings. The molecule has 0 radical (unpaired) electrons. The minimum Gasteiger partial charge on any atom is -0.484 e. The molecular weight excluding hydrogens is 392 g/mol. The van der Waals surface area contributed by atoms with Gasteiger partial charge in [-0.15, -0.1) is 0 Å². The third kappa shape index (κ3) is 6.54. The van der Waals surface area contributed by atoms with Gasteiger partial charge in [0.2, 0.25) is 0 Å². The van der Waals surface area contributed by atoms with Gasteiger partial charge < -0.3 is 9.47 Å². The van der Waals surface area contributed by atoms with Crippen LogP contribution in [0.1, 0.15) is 32.6 Å². The molecule has 0 aliphatic rings. The summed E-state index contributed by atoms with van der Waals surface area (Å²) in [6, 6.07) is 19.7. The Balaban J connectivity index is 1.47. The standard InChI is InChI=1S/C25H24N2O4/c1-17-5-4-6-21(13-17)25(29)31-22-11-8-20(9-12-22)15-26-27-24(28)16-30-23-10-7-18(2)19(3)14-23/h4-15H,16H2,1-3H3,(H,27,28)/b26-15-. The maximum Gasteiger partial charge on any atom is 0.343 e. The Labute approximate surface area is 181 Å². The number of nitrogens with one attached hydrogen (secondary N) is 1. The van der Waals surface area contributed by atoms with Gasteiger partial charge in [-0.2, -0.15) is 5.10 Å². The molecule has 0 fully saturated rings. The van der Waals surface area contributed by atoms with Crippen molar-refractivity contribution in [3.8, 4) is 11.5 Å². The summed E-state index contributed by atoms with van der Waals surface area (Å²) in [7, 11) is 0. The number of benzene rings is 3.